The van der Waals surface area contributed by atoms with E-state index in [9.17, 15) is 4.57 Å². The van der Waals surface area contributed by atoms with Gasteiger partial charge < -0.3 is 15.5 Å². The molecule has 6 heteroatoms. The molecule has 10 heavy (non-hydrogen) atoms. The first-order valence-corrected chi connectivity index (χ1v) is 4.23. The quantitative estimate of drug-likeness (QED) is 0.510. The van der Waals surface area contributed by atoms with Gasteiger partial charge in [-0.2, -0.15) is 0 Å². The molecular weight excluding hydrogens is 157 g/mol. The Kier molecular flexibility index (Phi) is 3.00. The van der Waals surface area contributed by atoms with Crippen molar-refractivity contribution in [1.82, 2.24) is 0 Å². The van der Waals surface area contributed by atoms with Gasteiger partial charge in [-0.25, -0.2) is 4.57 Å². The fourth-order valence-electron chi connectivity index (χ4n) is 0.250. The molecule has 0 heterocycles. The average Bonchev–Trinajstić information content (AvgIpc) is 1.57. The molecule has 0 bridgehead atoms. The topological polar surface area (TPSA) is 92.8 Å². The van der Waals surface area contributed by atoms with Crippen LogP contribution in [0.3, 0.4) is 0 Å². The van der Waals surface area contributed by atoms with E-state index in [-0.39, 0.29) is 6.61 Å². The van der Waals surface area contributed by atoms with Crippen molar-refractivity contribution < 1.29 is 18.9 Å². The van der Waals surface area contributed by atoms with Gasteiger partial charge in [0.1, 0.15) is 0 Å². The fraction of sp³-hybridized carbons (Fsp3) is 1.00. The number of rotatable bonds is 3. The molecule has 0 unspecified atom stereocenters. The van der Waals surface area contributed by atoms with Crippen molar-refractivity contribution in [3.8, 4) is 0 Å². The largest absolute Gasteiger partial charge is 0.469 e. The molecule has 62 valence electrons. The highest BCUT2D eigenvalue weighted by atomic mass is 31.2. The highest BCUT2D eigenvalue weighted by molar-refractivity contribution is 7.46. The Morgan fingerprint density at radius 2 is 2.00 bits per heavy atom. The number of phosphoric acid groups is 1. The van der Waals surface area contributed by atoms with Crippen molar-refractivity contribution in [2.24, 2.45) is 5.73 Å². The second kappa shape index (κ2) is 2.98. The molecule has 5 nitrogen and oxygen atoms in total. The second-order valence-electron chi connectivity index (χ2n) is 2.75. The molecule has 0 radical (unpaired) electrons. The number of nitrogens with two attached hydrogens (primary N) is 1. The predicted octanol–water partition coefficient (Wildman–Crippen LogP) is -0.167. The van der Waals surface area contributed by atoms with E-state index >= 15 is 0 Å². The molecule has 0 aliphatic rings. The van der Waals surface area contributed by atoms with Crippen molar-refractivity contribution in [2.75, 3.05) is 6.61 Å². The summed E-state index contributed by atoms with van der Waals surface area (Å²) in [7, 11) is -4.34. The molecule has 0 atom stereocenters. The maximum atomic E-state index is 10.1. The summed E-state index contributed by atoms with van der Waals surface area (Å²) in [5.74, 6) is 0. The van der Waals surface area contributed by atoms with Crippen LogP contribution >= 0.6 is 7.82 Å². The van der Waals surface area contributed by atoms with Gasteiger partial charge in [-0.3, -0.25) is 4.52 Å². The smallest absolute Gasteiger partial charge is 0.324 e. The van der Waals surface area contributed by atoms with Crippen LogP contribution in [0.5, 0.6) is 0 Å². The van der Waals surface area contributed by atoms with E-state index in [2.05, 4.69) is 4.52 Å². The van der Waals surface area contributed by atoms with E-state index in [1.807, 2.05) is 0 Å². The van der Waals surface area contributed by atoms with Gasteiger partial charge in [0.15, 0.2) is 0 Å². The van der Waals surface area contributed by atoms with Gasteiger partial charge in [0.05, 0.1) is 6.61 Å². The first-order chi connectivity index (χ1) is 4.21. The maximum absolute atomic E-state index is 10.1. The summed E-state index contributed by atoms with van der Waals surface area (Å²) in [5, 5.41) is 0. The highest BCUT2D eigenvalue weighted by Crippen LogP contribution is 2.36. The molecule has 0 saturated heterocycles. The zero-order chi connectivity index (χ0) is 8.41. The lowest BCUT2D eigenvalue weighted by atomic mass is 10.1. The van der Waals surface area contributed by atoms with Crippen LogP contribution in [0.1, 0.15) is 13.8 Å². The summed E-state index contributed by atoms with van der Waals surface area (Å²) in [6, 6.07) is 0. The Bertz CT molecular complexity index is 146. The molecule has 0 spiro atoms. The SMILES string of the molecule is CC(C)(N)COP(=O)(O)O. The Morgan fingerprint density at radius 1 is 1.60 bits per heavy atom. The lowest BCUT2D eigenvalue weighted by Crippen LogP contribution is -2.36. The Labute approximate surface area is 59.4 Å². The molecule has 0 aliphatic carbocycles. The molecule has 0 fully saturated rings. The second-order valence-corrected chi connectivity index (χ2v) is 3.99. The minimum Gasteiger partial charge on any atom is -0.324 e. The van der Waals surface area contributed by atoms with Crippen LogP contribution in [0.25, 0.3) is 0 Å². The summed E-state index contributed by atoms with van der Waals surface area (Å²) >= 11 is 0. The molecule has 4 N–H and O–H groups in total. The lowest BCUT2D eigenvalue weighted by molar-refractivity contribution is 0.165. The van der Waals surface area contributed by atoms with E-state index in [1.54, 1.807) is 13.8 Å². The van der Waals surface area contributed by atoms with Crippen LogP contribution in [-0.2, 0) is 9.09 Å². The summed E-state index contributed by atoms with van der Waals surface area (Å²) in [6.45, 7) is 3.07. The number of hydrogen-bond donors (Lipinski definition) is 3. The summed E-state index contributed by atoms with van der Waals surface area (Å²) in [4.78, 5) is 16.4. The zero-order valence-corrected chi connectivity index (χ0v) is 6.84. The van der Waals surface area contributed by atoms with Crippen LogP contribution in [0.4, 0.5) is 0 Å². The summed E-state index contributed by atoms with van der Waals surface area (Å²) in [5.41, 5.74) is 4.67. The zero-order valence-electron chi connectivity index (χ0n) is 5.94. The minimum atomic E-state index is -4.34. The van der Waals surface area contributed by atoms with Crippen molar-refractivity contribution >= 4 is 7.82 Å². The summed E-state index contributed by atoms with van der Waals surface area (Å²) in [6.07, 6.45) is 0. The van der Waals surface area contributed by atoms with Crippen LogP contribution < -0.4 is 5.73 Å². The van der Waals surface area contributed by atoms with Gasteiger partial charge in [-0.15, -0.1) is 0 Å². The van der Waals surface area contributed by atoms with E-state index in [1.165, 1.54) is 0 Å². The molecule has 0 amide bonds. The van der Waals surface area contributed by atoms with Crippen LogP contribution in [0.15, 0.2) is 0 Å². The average molecular weight is 169 g/mol. The van der Waals surface area contributed by atoms with Gasteiger partial charge in [0, 0.05) is 5.54 Å². The van der Waals surface area contributed by atoms with Gasteiger partial charge in [0.25, 0.3) is 0 Å². The monoisotopic (exact) mass is 169 g/mol. The molecule has 0 rings (SSSR count). The lowest BCUT2D eigenvalue weighted by Gasteiger charge is -2.17. The van der Waals surface area contributed by atoms with Crippen molar-refractivity contribution in [1.29, 1.82) is 0 Å². The van der Waals surface area contributed by atoms with E-state index in [4.69, 9.17) is 15.5 Å². The molecule has 0 aromatic rings. The van der Waals surface area contributed by atoms with Crippen molar-refractivity contribution in [3.05, 3.63) is 0 Å². The van der Waals surface area contributed by atoms with Crippen molar-refractivity contribution in [2.45, 2.75) is 19.4 Å². The third kappa shape index (κ3) is 8.07. The van der Waals surface area contributed by atoms with Crippen LogP contribution in [0.2, 0.25) is 0 Å². The van der Waals surface area contributed by atoms with Gasteiger partial charge >= 0.3 is 7.82 Å². The fourth-order valence-corrected chi connectivity index (χ4v) is 0.751. The molecule has 0 aliphatic heterocycles. The maximum Gasteiger partial charge on any atom is 0.469 e. The first kappa shape index (κ1) is 10.1. The highest BCUT2D eigenvalue weighted by Gasteiger charge is 2.19. The van der Waals surface area contributed by atoms with Gasteiger partial charge in [-0.05, 0) is 13.8 Å². The van der Waals surface area contributed by atoms with Gasteiger partial charge in [0.2, 0.25) is 0 Å². The molecule has 0 aromatic heterocycles. The molecule has 0 aromatic carbocycles. The molecular formula is C4H12NO4P. The van der Waals surface area contributed by atoms with Gasteiger partial charge in [-0.1, -0.05) is 0 Å². The van der Waals surface area contributed by atoms with E-state index < -0.39 is 13.4 Å². The summed E-state index contributed by atoms with van der Waals surface area (Å²) < 4.78 is 14.2. The van der Waals surface area contributed by atoms with Crippen LogP contribution in [-0.4, -0.2) is 21.9 Å². The predicted molar refractivity (Wildman–Crippen MR) is 36.3 cm³/mol. The Balaban J connectivity index is 3.67. The van der Waals surface area contributed by atoms with E-state index in [0.717, 1.165) is 0 Å². The van der Waals surface area contributed by atoms with Crippen molar-refractivity contribution in [3.63, 3.8) is 0 Å². The standard InChI is InChI=1S/C4H12NO4P/c1-4(2,5)3-9-10(6,7)8/h3,5H2,1-2H3,(H2,6,7,8). The van der Waals surface area contributed by atoms with E-state index in [0.29, 0.717) is 0 Å². The third-order valence-corrected chi connectivity index (χ3v) is 1.07. The molecule has 0 saturated carbocycles. The number of hydrogen-bond acceptors (Lipinski definition) is 3. The van der Waals surface area contributed by atoms with Crippen LogP contribution in [0, 0.1) is 0 Å². The normalized spacial score (nSPS) is 13.7. The first-order valence-electron chi connectivity index (χ1n) is 2.70. The number of phosphoric ester groups is 1. The minimum absolute atomic E-state index is 0.155. The Hall–Kier alpha value is 0.0700. The Morgan fingerprint density at radius 3 is 2.10 bits per heavy atom. The third-order valence-electron chi connectivity index (χ3n) is 0.605.